The van der Waals surface area contributed by atoms with Crippen LogP contribution in [-0.2, 0) is 32.9 Å². The smallest absolute Gasteiger partial charge is 0.407 e. The standard InChI is InChI=1S/C36H46BrF2N3O7/c1-22(2)48-21-35(38,39)20-47-19-24-11-13-26(14-12-24)36(46)16-18-42(33(44)45)32(34(4,5)6)28(36)30-29(37)31(49-41-30)27-10-8-7-9-25(27)15-17-40-23(3)43/h7-14,22,28,32,46H,15-21H2,1-6H3,(H,40,43)(H,44,45)/t28-,32?,36-/m0/s1. The van der Waals surface area contributed by atoms with Crippen LogP contribution in [0.4, 0.5) is 13.6 Å². The number of likely N-dealkylation sites (tertiary alicyclic amines) is 1. The van der Waals surface area contributed by atoms with Gasteiger partial charge in [-0.3, -0.25) is 4.79 Å². The summed E-state index contributed by atoms with van der Waals surface area (Å²) in [4.78, 5) is 25.4. The van der Waals surface area contributed by atoms with E-state index < -0.39 is 48.2 Å². The number of rotatable bonds is 13. The molecule has 2 amide bonds. The number of aliphatic hydroxyl groups is 1. The first-order valence-corrected chi connectivity index (χ1v) is 17.1. The fourth-order valence-electron chi connectivity index (χ4n) is 6.43. The van der Waals surface area contributed by atoms with Crippen LogP contribution in [-0.4, -0.2) is 76.6 Å². The molecule has 49 heavy (non-hydrogen) atoms. The quantitative estimate of drug-likeness (QED) is 0.168. The van der Waals surface area contributed by atoms with Crippen LogP contribution >= 0.6 is 15.9 Å². The maximum Gasteiger partial charge on any atom is 0.407 e. The highest BCUT2D eigenvalue weighted by Crippen LogP contribution is 2.53. The van der Waals surface area contributed by atoms with Crippen LogP contribution in [0, 0.1) is 5.41 Å². The van der Waals surface area contributed by atoms with Gasteiger partial charge in [-0.05, 0) is 64.7 Å². The van der Waals surface area contributed by atoms with Gasteiger partial charge in [0.25, 0.3) is 5.92 Å². The molecule has 0 radical (unpaired) electrons. The Labute approximate surface area is 294 Å². The van der Waals surface area contributed by atoms with E-state index in [1.165, 1.54) is 11.8 Å². The van der Waals surface area contributed by atoms with Crippen molar-refractivity contribution < 1.29 is 42.6 Å². The first kappa shape index (κ1) is 38.4. The number of carbonyl (C=O) groups is 2. The van der Waals surface area contributed by atoms with Gasteiger partial charge in [-0.1, -0.05) is 74.5 Å². The zero-order valence-corrected chi connectivity index (χ0v) is 30.4. The van der Waals surface area contributed by atoms with Gasteiger partial charge in [0, 0.05) is 25.6 Å². The molecule has 1 unspecified atom stereocenters. The number of carboxylic acid groups (broad SMARTS) is 1. The van der Waals surface area contributed by atoms with Crippen LogP contribution in [0.3, 0.4) is 0 Å². The van der Waals surface area contributed by atoms with E-state index >= 15 is 0 Å². The molecule has 1 saturated heterocycles. The molecule has 1 aromatic heterocycles. The van der Waals surface area contributed by atoms with E-state index in [0.29, 0.717) is 40.0 Å². The first-order valence-electron chi connectivity index (χ1n) is 16.3. The van der Waals surface area contributed by atoms with Crippen molar-refractivity contribution in [2.24, 2.45) is 5.41 Å². The van der Waals surface area contributed by atoms with Crippen LogP contribution in [0.1, 0.15) is 76.3 Å². The molecule has 268 valence electrons. The predicted octanol–water partition coefficient (Wildman–Crippen LogP) is 7.13. The number of hydrogen-bond acceptors (Lipinski definition) is 7. The second kappa shape index (κ2) is 15.7. The third-order valence-corrected chi connectivity index (χ3v) is 9.45. The van der Waals surface area contributed by atoms with Gasteiger partial charge in [-0.15, -0.1) is 0 Å². The molecule has 3 N–H and O–H groups in total. The maximum absolute atomic E-state index is 14.2. The van der Waals surface area contributed by atoms with E-state index in [0.717, 1.165) is 11.1 Å². The zero-order valence-electron chi connectivity index (χ0n) is 28.8. The minimum absolute atomic E-state index is 0.0659. The van der Waals surface area contributed by atoms with Gasteiger partial charge in [-0.25, -0.2) is 13.6 Å². The highest BCUT2D eigenvalue weighted by Gasteiger charge is 2.56. The number of nitrogens with zero attached hydrogens (tertiary/aromatic N) is 2. The van der Waals surface area contributed by atoms with E-state index in [1.54, 1.807) is 38.1 Å². The molecule has 0 saturated carbocycles. The molecule has 4 rings (SSSR count). The molecular formula is C36H46BrF2N3O7. The van der Waals surface area contributed by atoms with Gasteiger partial charge in [0.1, 0.15) is 24.5 Å². The number of ether oxygens (including phenoxy) is 2. The molecular weight excluding hydrogens is 704 g/mol. The average molecular weight is 751 g/mol. The molecule has 2 aromatic carbocycles. The van der Waals surface area contributed by atoms with Crippen LogP contribution in [0.15, 0.2) is 57.5 Å². The molecule has 10 nitrogen and oxygen atoms in total. The zero-order chi connectivity index (χ0) is 36.1. The Morgan fingerprint density at radius 3 is 2.43 bits per heavy atom. The summed E-state index contributed by atoms with van der Waals surface area (Å²) in [5, 5.41) is 30.3. The summed E-state index contributed by atoms with van der Waals surface area (Å²) in [6, 6.07) is 13.7. The molecule has 0 bridgehead atoms. The van der Waals surface area contributed by atoms with Crippen molar-refractivity contribution in [2.45, 2.75) is 90.6 Å². The van der Waals surface area contributed by atoms with Crippen molar-refractivity contribution in [3.8, 4) is 11.3 Å². The molecule has 0 spiro atoms. The van der Waals surface area contributed by atoms with Crippen molar-refractivity contribution >= 4 is 27.9 Å². The van der Waals surface area contributed by atoms with Crippen molar-refractivity contribution in [2.75, 3.05) is 26.3 Å². The Kier molecular flexibility index (Phi) is 12.3. The number of piperidine rings is 1. The number of benzene rings is 2. The Morgan fingerprint density at radius 1 is 1.14 bits per heavy atom. The predicted molar refractivity (Wildman–Crippen MR) is 183 cm³/mol. The minimum atomic E-state index is -3.14. The molecule has 3 atom stereocenters. The second-order valence-corrected chi connectivity index (χ2v) is 14.7. The van der Waals surface area contributed by atoms with Gasteiger partial charge in [0.05, 0.1) is 29.1 Å². The van der Waals surface area contributed by atoms with Gasteiger partial charge in [0.2, 0.25) is 5.91 Å². The topological polar surface area (TPSA) is 134 Å². The molecule has 3 aromatic rings. The first-order chi connectivity index (χ1) is 22.9. The fraction of sp³-hybridized carbons (Fsp3) is 0.528. The lowest BCUT2D eigenvalue weighted by Gasteiger charge is -2.53. The molecule has 13 heteroatoms. The Morgan fingerprint density at radius 2 is 1.82 bits per heavy atom. The van der Waals surface area contributed by atoms with Crippen molar-refractivity contribution in [1.29, 1.82) is 0 Å². The van der Waals surface area contributed by atoms with Gasteiger partial charge >= 0.3 is 6.09 Å². The van der Waals surface area contributed by atoms with Crippen LogP contribution in [0.5, 0.6) is 0 Å². The third-order valence-electron chi connectivity index (χ3n) is 8.68. The van der Waals surface area contributed by atoms with Crippen molar-refractivity contribution in [1.82, 2.24) is 15.4 Å². The monoisotopic (exact) mass is 749 g/mol. The summed E-state index contributed by atoms with van der Waals surface area (Å²) in [7, 11) is 0. The number of hydrogen-bond donors (Lipinski definition) is 3. The lowest BCUT2D eigenvalue weighted by Crippen LogP contribution is -2.60. The van der Waals surface area contributed by atoms with E-state index in [9.17, 15) is 28.6 Å². The van der Waals surface area contributed by atoms with E-state index in [2.05, 4.69) is 26.4 Å². The summed E-state index contributed by atoms with van der Waals surface area (Å²) in [6.45, 7) is 9.46. The van der Waals surface area contributed by atoms with Crippen LogP contribution in [0.2, 0.25) is 0 Å². The molecule has 1 aliphatic heterocycles. The minimum Gasteiger partial charge on any atom is -0.465 e. The highest BCUT2D eigenvalue weighted by atomic mass is 79.9. The van der Waals surface area contributed by atoms with Crippen LogP contribution in [0.25, 0.3) is 11.3 Å². The number of alkyl halides is 2. The number of carbonyl (C=O) groups excluding carboxylic acids is 1. The number of halogens is 3. The Bertz CT molecular complexity index is 1590. The van der Waals surface area contributed by atoms with E-state index in [-0.39, 0.29) is 31.6 Å². The number of amides is 2. The van der Waals surface area contributed by atoms with Gasteiger partial charge in [-0.2, -0.15) is 0 Å². The lowest BCUT2D eigenvalue weighted by molar-refractivity contribution is -0.135. The average Bonchev–Trinajstić information content (AvgIpc) is 3.39. The van der Waals surface area contributed by atoms with Crippen LogP contribution < -0.4 is 5.32 Å². The number of aromatic nitrogens is 1. The summed E-state index contributed by atoms with van der Waals surface area (Å²) < 4.78 is 45.1. The van der Waals surface area contributed by atoms with Crippen molar-refractivity contribution in [3.05, 3.63) is 75.4 Å². The summed E-state index contributed by atoms with van der Waals surface area (Å²) >= 11 is 3.71. The van der Waals surface area contributed by atoms with E-state index in [1.807, 2.05) is 45.0 Å². The normalized spacial score (nSPS) is 20.1. The maximum atomic E-state index is 14.2. The molecule has 1 fully saturated rings. The molecule has 1 aliphatic rings. The largest absolute Gasteiger partial charge is 0.465 e. The summed E-state index contributed by atoms with van der Waals surface area (Å²) in [5.74, 6) is -3.73. The second-order valence-electron chi connectivity index (χ2n) is 13.9. The SMILES string of the molecule is CC(=O)NCCc1ccccc1-c1onc([C@H]2C(C(C)(C)C)N(C(=O)O)CC[C@]2(O)c2ccc(COCC(F)(F)COC(C)C)cc2)c1Br. The molecule has 2 heterocycles. The fourth-order valence-corrected chi connectivity index (χ4v) is 7.04. The van der Waals surface area contributed by atoms with E-state index in [4.69, 9.17) is 14.0 Å². The highest BCUT2D eigenvalue weighted by molar-refractivity contribution is 9.10. The Balaban J connectivity index is 1.70. The summed E-state index contributed by atoms with van der Waals surface area (Å²) in [5.41, 5.74) is 0.908. The number of nitrogens with one attached hydrogen (secondary N) is 1. The Hall–Kier alpha value is -3.39. The lowest BCUT2D eigenvalue weighted by atomic mass is 9.64. The summed E-state index contributed by atoms with van der Waals surface area (Å²) in [6.07, 6.45) is -0.841. The van der Waals surface area contributed by atoms with Crippen molar-refractivity contribution in [3.63, 3.8) is 0 Å². The van der Waals surface area contributed by atoms with Gasteiger partial charge in [0.15, 0.2) is 5.76 Å². The van der Waals surface area contributed by atoms with Gasteiger partial charge < -0.3 is 34.4 Å². The third kappa shape index (κ3) is 9.24. The molecule has 0 aliphatic carbocycles.